The molecule has 0 saturated carbocycles. The molecule has 3 nitrogen and oxygen atoms in total. The number of alkyl halides is 1. The predicted octanol–water partition coefficient (Wildman–Crippen LogP) is 1.77. The fourth-order valence-electron chi connectivity index (χ4n) is 1.78. The molecule has 0 bridgehead atoms. The number of ether oxygens (including phenoxy) is 2. The van der Waals surface area contributed by atoms with E-state index in [-0.39, 0.29) is 17.0 Å². The topological polar surface area (TPSA) is 38.7 Å². The average molecular weight is 284 g/mol. The Morgan fingerprint density at radius 1 is 1.50 bits per heavy atom. The highest BCUT2D eigenvalue weighted by atomic mass is 79.9. The van der Waals surface area contributed by atoms with E-state index < -0.39 is 11.9 Å². The van der Waals surface area contributed by atoms with Gasteiger partial charge >= 0.3 is 0 Å². The first-order valence-electron chi connectivity index (χ1n) is 4.46. The number of aliphatic hydroxyl groups excluding tert-OH is 1. The maximum atomic E-state index is 9.84. The highest BCUT2D eigenvalue weighted by Crippen LogP contribution is 2.40. The van der Waals surface area contributed by atoms with Crippen molar-refractivity contribution in [2.75, 3.05) is 0 Å². The number of fused-ring (bicyclic) bond motifs is 1. The lowest BCUT2D eigenvalue weighted by Gasteiger charge is -2.29. The molecule has 0 aromatic carbocycles. The standard InChI is InChI=1S/C9H12BrClO3/c1-9(2)13-7-5(11)3-4(10)6(12)8(7)14-9/h3-4,6-8,12H,1-2H3/t4-,6-,7-,8+/m1/s1. The fourth-order valence-corrected chi connectivity index (χ4v) is 2.82. The zero-order valence-corrected chi connectivity index (χ0v) is 10.2. The number of hydrogen-bond donors (Lipinski definition) is 1. The van der Waals surface area contributed by atoms with E-state index >= 15 is 0 Å². The summed E-state index contributed by atoms with van der Waals surface area (Å²) in [5.74, 6) is -0.679. The number of rotatable bonds is 0. The van der Waals surface area contributed by atoms with Gasteiger partial charge in [0.05, 0.1) is 10.9 Å². The van der Waals surface area contributed by atoms with Gasteiger partial charge in [-0.1, -0.05) is 33.6 Å². The maximum Gasteiger partial charge on any atom is 0.164 e. The summed E-state index contributed by atoms with van der Waals surface area (Å²) in [5, 5.41) is 10.4. The third-order valence-corrected chi connectivity index (χ3v) is 3.53. The van der Waals surface area contributed by atoms with Crippen LogP contribution in [0.4, 0.5) is 0 Å². The van der Waals surface area contributed by atoms with Crippen LogP contribution in [-0.4, -0.2) is 34.0 Å². The summed E-state index contributed by atoms with van der Waals surface area (Å²) < 4.78 is 11.2. The van der Waals surface area contributed by atoms with Crippen molar-refractivity contribution in [3.05, 3.63) is 11.1 Å². The van der Waals surface area contributed by atoms with Crippen molar-refractivity contribution in [2.45, 2.75) is 42.8 Å². The molecule has 2 rings (SSSR count). The molecule has 0 amide bonds. The lowest BCUT2D eigenvalue weighted by Crippen LogP contribution is -2.44. The van der Waals surface area contributed by atoms with Crippen molar-refractivity contribution in [1.82, 2.24) is 0 Å². The summed E-state index contributed by atoms with van der Waals surface area (Å²) in [6, 6.07) is 0. The smallest absolute Gasteiger partial charge is 0.164 e. The van der Waals surface area contributed by atoms with Crippen molar-refractivity contribution in [3.63, 3.8) is 0 Å². The first-order valence-corrected chi connectivity index (χ1v) is 5.75. The molecule has 0 radical (unpaired) electrons. The Kier molecular flexibility index (Phi) is 2.69. The lowest BCUT2D eigenvalue weighted by molar-refractivity contribution is -0.152. The van der Waals surface area contributed by atoms with Gasteiger partial charge in [-0.25, -0.2) is 0 Å². The van der Waals surface area contributed by atoms with E-state index in [4.69, 9.17) is 21.1 Å². The zero-order chi connectivity index (χ0) is 10.5. The largest absolute Gasteiger partial charge is 0.389 e. The Bertz CT molecular complexity index is 279. The molecule has 4 atom stereocenters. The molecule has 1 fully saturated rings. The molecule has 0 spiro atoms. The molecule has 0 unspecified atom stereocenters. The molecule has 1 heterocycles. The van der Waals surface area contributed by atoms with Gasteiger partial charge in [-0.05, 0) is 13.8 Å². The molecule has 14 heavy (non-hydrogen) atoms. The van der Waals surface area contributed by atoms with E-state index in [0.717, 1.165) is 0 Å². The van der Waals surface area contributed by atoms with Crippen LogP contribution in [0.3, 0.4) is 0 Å². The summed E-state index contributed by atoms with van der Waals surface area (Å²) in [6.07, 6.45) is 0.407. The van der Waals surface area contributed by atoms with Crippen molar-refractivity contribution in [2.24, 2.45) is 0 Å². The minimum Gasteiger partial charge on any atom is -0.389 e. The second-order valence-corrected chi connectivity index (χ2v) is 5.50. The van der Waals surface area contributed by atoms with Crippen LogP contribution in [0.5, 0.6) is 0 Å². The predicted molar refractivity (Wildman–Crippen MR) is 56.5 cm³/mol. The minimum absolute atomic E-state index is 0.172. The molecule has 1 N–H and O–H groups in total. The van der Waals surface area contributed by atoms with Crippen LogP contribution in [0, 0.1) is 0 Å². The Balaban J connectivity index is 2.27. The third-order valence-electron chi connectivity index (χ3n) is 2.38. The van der Waals surface area contributed by atoms with Gasteiger partial charge in [0.2, 0.25) is 0 Å². The van der Waals surface area contributed by atoms with Gasteiger partial charge in [-0.3, -0.25) is 0 Å². The summed E-state index contributed by atoms with van der Waals surface area (Å²) >= 11 is 9.34. The zero-order valence-electron chi connectivity index (χ0n) is 7.91. The van der Waals surface area contributed by atoms with Crippen LogP contribution in [0.1, 0.15) is 13.8 Å². The molecule has 0 aromatic heterocycles. The van der Waals surface area contributed by atoms with Crippen molar-refractivity contribution >= 4 is 27.5 Å². The van der Waals surface area contributed by atoms with E-state index in [1.165, 1.54) is 0 Å². The van der Waals surface area contributed by atoms with Crippen molar-refractivity contribution in [1.29, 1.82) is 0 Å². The van der Waals surface area contributed by atoms with E-state index in [1.807, 2.05) is 13.8 Å². The molecule has 0 aromatic rings. The Hall–Kier alpha value is 0.390. The first-order chi connectivity index (χ1) is 6.41. The second-order valence-electron chi connectivity index (χ2n) is 4.01. The quantitative estimate of drug-likeness (QED) is 0.689. The molecule has 80 valence electrons. The summed E-state index contributed by atoms with van der Waals surface area (Å²) in [4.78, 5) is -0.172. The SMILES string of the molecule is CC1(C)O[C@H]2[C@H](O)[C@H](Br)C=C(Cl)[C@H]2O1. The number of aliphatic hydroxyl groups is 1. The van der Waals surface area contributed by atoms with Gasteiger partial charge in [0.15, 0.2) is 5.79 Å². The normalized spacial score (nSPS) is 45.9. The van der Waals surface area contributed by atoms with E-state index in [1.54, 1.807) is 6.08 Å². The lowest BCUT2D eigenvalue weighted by atomic mass is 9.99. The molecule has 1 saturated heterocycles. The number of hydrogen-bond acceptors (Lipinski definition) is 3. The second kappa shape index (κ2) is 3.46. The molecule has 1 aliphatic carbocycles. The van der Waals surface area contributed by atoms with Crippen LogP contribution in [0.2, 0.25) is 0 Å². The Labute approximate surface area is 96.1 Å². The van der Waals surface area contributed by atoms with Gasteiger partial charge < -0.3 is 14.6 Å². The molecule has 1 aliphatic heterocycles. The highest BCUT2D eigenvalue weighted by molar-refractivity contribution is 9.09. The minimum atomic E-state index is -0.679. The summed E-state index contributed by atoms with van der Waals surface area (Å²) in [5.41, 5.74) is 0. The van der Waals surface area contributed by atoms with E-state index in [2.05, 4.69) is 15.9 Å². The van der Waals surface area contributed by atoms with Gasteiger partial charge in [0, 0.05) is 5.03 Å². The molecular formula is C9H12BrClO3. The maximum absolute atomic E-state index is 9.84. The molecule has 5 heteroatoms. The molecule has 2 aliphatic rings. The van der Waals surface area contributed by atoms with Crippen LogP contribution < -0.4 is 0 Å². The first kappa shape index (κ1) is 10.9. The van der Waals surface area contributed by atoms with E-state index in [0.29, 0.717) is 5.03 Å². The van der Waals surface area contributed by atoms with Crippen molar-refractivity contribution < 1.29 is 14.6 Å². The van der Waals surface area contributed by atoms with Gasteiger partial charge in [0.25, 0.3) is 0 Å². The Morgan fingerprint density at radius 2 is 2.14 bits per heavy atom. The van der Waals surface area contributed by atoms with E-state index in [9.17, 15) is 5.11 Å². The van der Waals surface area contributed by atoms with Crippen LogP contribution in [0.15, 0.2) is 11.1 Å². The third kappa shape index (κ3) is 1.74. The van der Waals surface area contributed by atoms with Crippen LogP contribution in [0.25, 0.3) is 0 Å². The molecular weight excluding hydrogens is 271 g/mol. The van der Waals surface area contributed by atoms with Gasteiger partial charge in [-0.15, -0.1) is 0 Å². The average Bonchev–Trinajstić information content (AvgIpc) is 2.38. The summed E-state index contributed by atoms with van der Waals surface area (Å²) in [7, 11) is 0. The van der Waals surface area contributed by atoms with Crippen molar-refractivity contribution in [3.8, 4) is 0 Å². The Morgan fingerprint density at radius 3 is 2.79 bits per heavy atom. The fraction of sp³-hybridized carbons (Fsp3) is 0.778. The monoisotopic (exact) mass is 282 g/mol. The highest BCUT2D eigenvalue weighted by Gasteiger charge is 2.49. The van der Waals surface area contributed by atoms with Gasteiger partial charge in [0.1, 0.15) is 12.2 Å². The van der Waals surface area contributed by atoms with Crippen LogP contribution in [-0.2, 0) is 9.47 Å². The van der Waals surface area contributed by atoms with Crippen LogP contribution >= 0.6 is 27.5 Å². The van der Waals surface area contributed by atoms with Gasteiger partial charge in [-0.2, -0.15) is 0 Å². The summed E-state index contributed by atoms with van der Waals surface area (Å²) in [6.45, 7) is 3.62. The number of halogens is 2.